The molecular weight excluding hydrogens is 372 g/mol. The summed E-state index contributed by atoms with van der Waals surface area (Å²) in [5.74, 6) is 1.01. The van der Waals surface area contributed by atoms with Crippen molar-refractivity contribution in [1.82, 2.24) is 18.9 Å². The molecule has 0 radical (unpaired) electrons. The Balaban J connectivity index is 1.47. The molecule has 0 spiro atoms. The van der Waals surface area contributed by atoms with Gasteiger partial charge in [-0.1, -0.05) is 54.6 Å². The number of morpholine rings is 1. The van der Waals surface area contributed by atoms with Crippen molar-refractivity contribution in [3.8, 4) is 11.3 Å². The first-order valence-electron chi connectivity index (χ1n) is 10.6. The lowest BCUT2D eigenvalue weighted by Crippen LogP contribution is -2.38. The summed E-state index contributed by atoms with van der Waals surface area (Å²) >= 11 is 0. The minimum atomic E-state index is 0.830. The van der Waals surface area contributed by atoms with Crippen molar-refractivity contribution < 1.29 is 4.74 Å². The maximum Gasteiger partial charge on any atom is 0.215 e. The lowest BCUT2D eigenvalue weighted by Gasteiger charge is -2.26. The van der Waals surface area contributed by atoms with Crippen LogP contribution in [0.5, 0.6) is 0 Å². The van der Waals surface area contributed by atoms with E-state index in [9.17, 15) is 0 Å². The Kier molecular flexibility index (Phi) is 4.29. The summed E-state index contributed by atoms with van der Waals surface area (Å²) in [6.45, 7) is 5.60. The fourth-order valence-electron chi connectivity index (χ4n) is 4.61. The van der Waals surface area contributed by atoms with E-state index in [1.165, 1.54) is 27.4 Å². The molecule has 0 aliphatic carbocycles. The molecule has 5 heteroatoms. The van der Waals surface area contributed by atoms with E-state index in [-0.39, 0.29) is 0 Å². The number of imidazole rings is 2. The Hall–Kier alpha value is -3.15. The first-order chi connectivity index (χ1) is 14.9. The van der Waals surface area contributed by atoms with Crippen molar-refractivity contribution >= 4 is 27.6 Å². The fourth-order valence-corrected chi connectivity index (χ4v) is 4.61. The summed E-state index contributed by atoms with van der Waals surface area (Å²) in [6, 6.07) is 23.6. The number of nitrogens with zero attached hydrogens (tertiary/aromatic N) is 4. The zero-order chi connectivity index (χ0) is 19.9. The molecule has 0 amide bonds. The van der Waals surface area contributed by atoms with Crippen molar-refractivity contribution in [2.45, 2.75) is 6.54 Å². The van der Waals surface area contributed by atoms with Gasteiger partial charge in [-0.25, -0.2) is 4.98 Å². The Bertz CT molecular complexity index is 1340. The Morgan fingerprint density at radius 2 is 1.57 bits per heavy atom. The number of benzene rings is 3. The lowest BCUT2D eigenvalue weighted by molar-refractivity contribution is 0.0366. The zero-order valence-electron chi connectivity index (χ0n) is 16.9. The predicted octanol–water partition coefficient (Wildman–Crippen LogP) is 4.44. The minimum absolute atomic E-state index is 0.830. The van der Waals surface area contributed by atoms with Crippen molar-refractivity contribution in [2.24, 2.45) is 0 Å². The molecule has 5 nitrogen and oxygen atoms in total. The second kappa shape index (κ2) is 7.27. The van der Waals surface area contributed by atoms with Crippen molar-refractivity contribution in [2.75, 3.05) is 32.8 Å². The van der Waals surface area contributed by atoms with Gasteiger partial charge >= 0.3 is 0 Å². The predicted molar refractivity (Wildman–Crippen MR) is 121 cm³/mol. The third-order valence-electron chi connectivity index (χ3n) is 6.17. The molecule has 0 bridgehead atoms. The number of hydrogen-bond donors (Lipinski definition) is 0. The van der Waals surface area contributed by atoms with E-state index in [4.69, 9.17) is 9.72 Å². The van der Waals surface area contributed by atoms with E-state index in [2.05, 4.69) is 86.8 Å². The average molecular weight is 396 g/mol. The third kappa shape index (κ3) is 2.90. The Labute approximate surface area is 175 Å². The summed E-state index contributed by atoms with van der Waals surface area (Å²) in [5.41, 5.74) is 4.64. The van der Waals surface area contributed by atoms with Gasteiger partial charge < -0.3 is 9.30 Å². The smallest absolute Gasteiger partial charge is 0.215 e. The van der Waals surface area contributed by atoms with Gasteiger partial charge in [0.2, 0.25) is 5.78 Å². The summed E-state index contributed by atoms with van der Waals surface area (Å²) < 4.78 is 10.1. The van der Waals surface area contributed by atoms with Gasteiger partial charge in [-0.2, -0.15) is 0 Å². The van der Waals surface area contributed by atoms with Crippen molar-refractivity contribution in [1.29, 1.82) is 0 Å². The average Bonchev–Trinajstić information content (AvgIpc) is 3.36. The molecule has 0 saturated carbocycles. The molecule has 5 aromatic rings. The number of para-hydroxylation sites is 2. The monoisotopic (exact) mass is 396 g/mol. The van der Waals surface area contributed by atoms with Crippen LogP contribution in [0.4, 0.5) is 0 Å². The summed E-state index contributed by atoms with van der Waals surface area (Å²) in [5, 5.41) is 2.48. The number of fused-ring (bicyclic) bond motifs is 4. The molecule has 0 N–H and O–H groups in total. The standard InChI is InChI=1S/C25H24N4O/c1-2-8-20-19(6-1)7-5-9-21(20)22-18-29-24-11-4-3-10-23(24)28(25(29)26-22)13-12-27-14-16-30-17-15-27/h1-11,18H,12-17H2. The lowest BCUT2D eigenvalue weighted by atomic mass is 10.0. The minimum Gasteiger partial charge on any atom is -0.379 e. The number of rotatable bonds is 4. The third-order valence-corrected chi connectivity index (χ3v) is 6.17. The van der Waals surface area contributed by atoms with E-state index < -0.39 is 0 Å². The van der Waals surface area contributed by atoms with E-state index in [0.29, 0.717) is 0 Å². The van der Waals surface area contributed by atoms with Gasteiger partial charge in [0.15, 0.2) is 0 Å². The van der Waals surface area contributed by atoms with Gasteiger partial charge in [0.05, 0.1) is 29.9 Å². The molecule has 6 rings (SSSR count). The number of aromatic nitrogens is 3. The Morgan fingerprint density at radius 3 is 2.47 bits per heavy atom. The zero-order valence-corrected chi connectivity index (χ0v) is 16.9. The van der Waals surface area contributed by atoms with Crippen LogP contribution in [0.2, 0.25) is 0 Å². The van der Waals surface area contributed by atoms with Gasteiger partial charge in [-0.05, 0) is 22.9 Å². The molecule has 2 aromatic heterocycles. The van der Waals surface area contributed by atoms with Gasteiger partial charge in [0.25, 0.3) is 0 Å². The highest BCUT2D eigenvalue weighted by Gasteiger charge is 2.17. The maximum atomic E-state index is 5.50. The fraction of sp³-hybridized carbons (Fsp3) is 0.240. The van der Waals surface area contributed by atoms with Crippen LogP contribution in [0, 0.1) is 0 Å². The molecule has 1 saturated heterocycles. The Morgan fingerprint density at radius 1 is 0.800 bits per heavy atom. The van der Waals surface area contributed by atoms with E-state index in [1.54, 1.807) is 0 Å². The topological polar surface area (TPSA) is 34.7 Å². The quantitative estimate of drug-likeness (QED) is 0.450. The van der Waals surface area contributed by atoms with Crippen LogP contribution in [0.3, 0.4) is 0 Å². The highest BCUT2D eigenvalue weighted by Crippen LogP contribution is 2.30. The van der Waals surface area contributed by atoms with Crippen LogP contribution < -0.4 is 0 Å². The van der Waals surface area contributed by atoms with Gasteiger partial charge in [0, 0.05) is 37.9 Å². The summed E-state index contributed by atoms with van der Waals surface area (Å²) in [7, 11) is 0. The number of ether oxygens (including phenoxy) is 1. The van der Waals surface area contributed by atoms with Gasteiger partial charge in [-0.3, -0.25) is 9.30 Å². The van der Waals surface area contributed by atoms with E-state index >= 15 is 0 Å². The van der Waals surface area contributed by atoms with Crippen LogP contribution in [0.1, 0.15) is 0 Å². The second-order valence-corrected chi connectivity index (χ2v) is 7.92. The molecule has 0 atom stereocenters. The first kappa shape index (κ1) is 17.7. The molecule has 3 heterocycles. The molecule has 1 fully saturated rings. The molecule has 150 valence electrons. The largest absolute Gasteiger partial charge is 0.379 e. The van der Waals surface area contributed by atoms with Crippen molar-refractivity contribution in [3.63, 3.8) is 0 Å². The molecule has 30 heavy (non-hydrogen) atoms. The van der Waals surface area contributed by atoms with E-state index in [0.717, 1.165) is 50.9 Å². The van der Waals surface area contributed by atoms with Crippen LogP contribution in [-0.2, 0) is 11.3 Å². The molecule has 1 aliphatic heterocycles. The van der Waals surface area contributed by atoms with Crippen LogP contribution in [-0.4, -0.2) is 51.7 Å². The molecule has 3 aromatic carbocycles. The highest BCUT2D eigenvalue weighted by atomic mass is 16.5. The first-order valence-corrected chi connectivity index (χ1v) is 10.6. The van der Waals surface area contributed by atoms with Crippen molar-refractivity contribution in [3.05, 3.63) is 72.9 Å². The van der Waals surface area contributed by atoms with Crippen LogP contribution in [0.15, 0.2) is 72.9 Å². The van der Waals surface area contributed by atoms with Gasteiger partial charge in [0.1, 0.15) is 0 Å². The van der Waals surface area contributed by atoms with Crippen LogP contribution in [0.25, 0.3) is 38.8 Å². The maximum absolute atomic E-state index is 5.50. The molecule has 0 unspecified atom stereocenters. The normalized spacial score (nSPS) is 15.5. The summed E-state index contributed by atoms with van der Waals surface area (Å²) in [4.78, 5) is 7.59. The highest BCUT2D eigenvalue weighted by molar-refractivity contribution is 5.96. The molecular formula is C25H24N4O. The number of hydrogen-bond acceptors (Lipinski definition) is 3. The van der Waals surface area contributed by atoms with Gasteiger partial charge in [-0.15, -0.1) is 0 Å². The summed E-state index contributed by atoms with van der Waals surface area (Å²) in [6.07, 6.45) is 2.19. The van der Waals surface area contributed by atoms with Crippen LogP contribution >= 0.6 is 0 Å². The van der Waals surface area contributed by atoms with E-state index in [1.807, 2.05) is 0 Å². The SMILES string of the molecule is c1ccc2c(-c3cn4c5ccccc5n(CCN5CCOCC5)c4n3)cccc2c1. The molecule has 1 aliphatic rings. The second-order valence-electron chi connectivity index (χ2n) is 7.92.